The molecule has 3 rings (SSSR count). The molecule has 2 aromatic heterocycles. The third-order valence-corrected chi connectivity index (χ3v) is 4.43. The van der Waals surface area contributed by atoms with Crippen LogP contribution in [-0.4, -0.2) is 34.3 Å². The Kier molecular flexibility index (Phi) is 5.12. The SMILES string of the molecule is COc1ccc(Cl)cc1C(=O)NCCc1csc(-n2cccn2)n1. The molecule has 0 bridgehead atoms. The fourth-order valence-corrected chi connectivity index (χ4v) is 3.13. The molecule has 0 aliphatic heterocycles. The Hall–Kier alpha value is -2.38. The third kappa shape index (κ3) is 3.74. The molecule has 0 atom stereocenters. The monoisotopic (exact) mass is 362 g/mol. The van der Waals surface area contributed by atoms with Crippen LogP contribution in [0.5, 0.6) is 5.75 Å². The maximum Gasteiger partial charge on any atom is 0.255 e. The van der Waals surface area contributed by atoms with E-state index in [-0.39, 0.29) is 5.91 Å². The molecule has 1 amide bonds. The molecular formula is C16H15ClN4O2S. The molecule has 0 unspecified atom stereocenters. The summed E-state index contributed by atoms with van der Waals surface area (Å²) in [6, 6.07) is 6.80. The van der Waals surface area contributed by atoms with Crippen LogP contribution in [0.15, 0.2) is 42.0 Å². The highest BCUT2D eigenvalue weighted by Crippen LogP contribution is 2.22. The van der Waals surface area contributed by atoms with Gasteiger partial charge in [-0.2, -0.15) is 5.10 Å². The molecule has 2 heterocycles. The normalized spacial score (nSPS) is 10.6. The van der Waals surface area contributed by atoms with E-state index in [1.165, 1.54) is 18.4 Å². The molecule has 0 saturated carbocycles. The molecule has 0 spiro atoms. The summed E-state index contributed by atoms with van der Waals surface area (Å²) in [5.41, 5.74) is 1.32. The molecule has 0 fully saturated rings. The summed E-state index contributed by atoms with van der Waals surface area (Å²) in [7, 11) is 1.52. The van der Waals surface area contributed by atoms with Gasteiger partial charge in [0.1, 0.15) is 5.75 Å². The summed E-state index contributed by atoms with van der Waals surface area (Å²) in [4.78, 5) is 16.8. The predicted molar refractivity (Wildman–Crippen MR) is 93.3 cm³/mol. The molecule has 1 aromatic carbocycles. The standard InChI is InChI=1S/C16H15ClN4O2S/c1-23-14-4-3-11(17)9-13(14)15(22)18-7-5-12-10-24-16(20-12)21-8-2-6-19-21/h2-4,6,8-10H,5,7H2,1H3,(H,18,22). The minimum absolute atomic E-state index is 0.225. The van der Waals surface area contributed by atoms with Crippen molar-refractivity contribution in [2.75, 3.05) is 13.7 Å². The number of halogens is 1. The first-order chi connectivity index (χ1) is 11.7. The number of hydrogen-bond acceptors (Lipinski definition) is 5. The van der Waals surface area contributed by atoms with Crippen LogP contribution in [0, 0.1) is 0 Å². The number of carbonyl (C=O) groups is 1. The van der Waals surface area contributed by atoms with Crippen molar-refractivity contribution < 1.29 is 9.53 Å². The van der Waals surface area contributed by atoms with Crippen molar-refractivity contribution >= 4 is 28.8 Å². The number of methoxy groups -OCH3 is 1. The zero-order valence-electron chi connectivity index (χ0n) is 12.9. The molecule has 0 radical (unpaired) electrons. The Bertz CT molecular complexity index is 832. The van der Waals surface area contributed by atoms with Gasteiger partial charge in [-0.15, -0.1) is 11.3 Å². The minimum atomic E-state index is -0.225. The van der Waals surface area contributed by atoms with E-state index in [0.717, 1.165) is 10.8 Å². The van der Waals surface area contributed by atoms with Gasteiger partial charge in [0.2, 0.25) is 5.13 Å². The summed E-state index contributed by atoms with van der Waals surface area (Å²) >= 11 is 7.46. The van der Waals surface area contributed by atoms with Crippen molar-refractivity contribution in [1.29, 1.82) is 0 Å². The van der Waals surface area contributed by atoms with Gasteiger partial charge in [0.15, 0.2) is 0 Å². The van der Waals surface area contributed by atoms with Crippen LogP contribution in [0.1, 0.15) is 16.1 Å². The maximum atomic E-state index is 12.3. The molecule has 0 aliphatic carbocycles. The van der Waals surface area contributed by atoms with E-state index in [4.69, 9.17) is 16.3 Å². The molecule has 3 aromatic rings. The Morgan fingerprint density at radius 3 is 3.08 bits per heavy atom. The predicted octanol–water partition coefficient (Wildman–Crippen LogP) is 2.96. The summed E-state index contributed by atoms with van der Waals surface area (Å²) in [6.45, 7) is 0.469. The first kappa shape index (κ1) is 16.5. The summed E-state index contributed by atoms with van der Waals surface area (Å²) in [5, 5.41) is 10.3. The van der Waals surface area contributed by atoms with Crippen LogP contribution >= 0.6 is 22.9 Å². The molecule has 24 heavy (non-hydrogen) atoms. The zero-order valence-corrected chi connectivity index (χ0v) is 14.5. The second-order valence-electron chi connectivity index (χ2n) is 4.92. The average molecular weight is 363 g/mol. The fourth-order valence-electron chi connectivity index (χ4n) is 2.16. The molecule has 124 valence electrons. The number of ether oxygens (including phenoxy) is 1. The van der Waals surface area contributed by atoms with Gasteiger partial charge in [0.05, 0.1) is 18.4 Å². The van der Waals surface area contributed by atoms with Gasteiger partial charge in [-0.05, 0) is 24.3 Å². The van der Waals surface area contributed by atoms with E-state index < -0.39 is 0 Å². The lowest BCUT2D eigenvalue weighted by atomic mass is 10.2. The number of amides is 1. The van der Waals surface area contributed by atoms with E-state index >= 15 is 0 Å². The van der Waals surface area contributed by atoms with Gasteiger partial charge in [-0.3, -0.25) is 4.79 Å². The van der Waals surface area contributed by atoms with Crippen LogP contribution in [0.3, 0.4) is 0 Å². The number of hydrogen-bond donors (Lipinski definition) is 1. The molecule has 0 saturated heterocycles. The highest BCUT2D eigenvalue weighted by atomic mass is 35.5. The second kappa shape index (κ2) is 7.46. The van der Waals surface area contributed by atoms with Gasteiger partial charge in [-0.25, -0.2) is 9.67 Å². The second-order valence-corrected chi connectivity index (χ2v) is 6.20. The topological polar surface area (TPSA) is 69.0 Å². The molecule has 1 N–H and O–H groups in total. The van der Waals surface area contributed by atoms with Gasteiger partial charge in [-0.1, -0.05) is 11.6 Å². The van der Waals surface area contributed by atoms with Gasteiger partial charge in [0.25, 0.3) is 5.91 Å². The van der Waals surface area contributed by atoms with E-state index in [1.807, 2.05) is 17.6 Å². The highest BCUT2D eigenvalue weighted by Gasteiger charge is 2.13. The first-order valence-electron chi connectivity index (χ1n) is 7.23. The van der Waals surface area contributed by atoms with Crippen molar-refractivity contribution in [2.45, 2.75) is 6.42 Å². The number of nitrogens with one attached hydrogen (secondary N) is 1. The van der Waals surface area contributed by atoms with Crippen molar-refractivity contribution in [2.24, 2.45) is 0 Å². The first-order valence-corrected chi connectivity index (χ1v) is 8.49. The van der Waals surface area contributed by atoms with E-state index in [0.29, 0.717) is 29.3 Å². The van der Waals surface area contributed by atoms with E-state index in [9.17, 15) is 4.79 Å². The quantitative estimate of drug-likeness (QED) is 0.732. The number of thiazole rings is 1. The maximum absolute atomic E-state index is 12.3. The summed E-state index contributed by atoms with van der Waals surface area (Å²) in [6.07, 6.45) is 4.18. The highest BCUT2D eigenvalue weighted by molar-refractivity contribution is 7.12. The summed E-state index contributed by atoms with van der Waals surface area (Å²) in [5.74, 6) is 0.267. The molecular weight excluding hydrogens is 348 g/mol. The van der Waals surface area contributed by atoms with Crippen molar-refractivity contribution in [3.05, 3.63) is 58.3 Å². The zero-order chi connectivity index (χ0) is 16.9. The van der Waals surface area contributed by atoms with Gasteiger partial charge < -0.3 is 10.1 Å². The third-order valence-electron chi connectivity index (χ3n) is 3.31. The molecule has 0 aliphatic rings. The lowest BCUT2D eigenvalue weighted by Gasteiger charge is -2.09. The smallest absolute Gasteiger partial charge is 0.255 e. The number of nitrogens with zero attached hydrogens (tertiary/aromatic N) is 3. The minimum Gasteiger partial charge on any atom is -0.496 e. The number of rotatable bonds is 6. The van der Waals surface area contributed by atoms with Crippen LogP contribution in [0.4, 0.5) is 0 Å². The van der Waals surface area contributed by atoms with Crippen molar-refractivity contribution in [1.82, 2.24) is 20.1 Å². The number of benzene rings is 1. The largest absolute Gasteiger partial charge is 0.496 e. The Labute approximate surface area is 148 Å². The number of carbonyl (C=O) groups excluding carboxylic acids is 1. The lowest BCUT2D eigenvalue weighted by Crippen LogP contribution is -2.26. The average Bonchev–Trinajstić information content (AvgIpc) is 3.26. The van der Waals surface area contributed by atoms with Crippen LogP contribution in [-0.2, 0) is 6.42 Å². The van der Waals surface area contributed by atoms with Crippen molar-refractivity contribution in [3.63, 3.8) is 0 Å². The number of aromatic nitrogens is 3. The Morgan fingerprint density at radius 1 is 1.46 bits per heavy atom. The Balaban J connectivity index is 1.59. The van der Waals surface area contributed by atoms with Crippen molar-refractivity contribution in [3.8, 4) is 10.9 Å². The lowest BCUT2D eigenvalue weighted by molar-refractivity contribution is 0.0951. The van der Waals surface area contributed by atoms with Gasteiger partial charge in [0, 0.05) is 35.8 Å². The Morgan fingerprint density at radius 2 is 2.33 bits per heavy atom. The fraction of sp³-hybridized carbons (Fsp3) is 0.188. The van der Waals surface area contributed by atoms with E-state index in [1.54, 1.807) is 29.1 Å². The van der Waals surface area contributed by atoms with Crippen LogP contribution in [0.2, 0.25) is 5.02 Å². The molecule has 6 nitrogen and oxygen atoms in total. The van der Waals surface area contributed by atoms with Crippen LogP contribution in [0.25, 0.3) is 5.13 Å². The molecule has 8 heteroatoms. The van der Waals surface area contributed by atoms with Crippen LogP contribution < -0.4 is 10.1 Å². The van der Waals surface area contributed by atoms with E-state index in [2.05, 4.69) is 15.4 Å². The summed E-state index contributed by atoms with van der Waals surface area (Å²) < 4.78 is 6.90. The van der Waals surface area contributed by atoms with Gasteiger partial charge >= 0.3 is 0 Å².